The summed E-state index contributed by atoms with van der Waals surface area (Å²) in [5.41, 5.74) is 4.98. The predicted octanol–water partition coefficient (Wildman–Crippen LogP) is 4.07. The van der Waals surface area contributed by atoms with Gasteiger partial charge in [0.25, 0.3) is 0 Å². The number of para-hydroxylation sites is 1. The van der Waals surface area contributed by atoms with Crippen LogP contribution in [0.3, 0.4) is 0 Å². The number of piperazine rings is 1. The maximum atomic E-state index is 13.9. The average Bonchev–Trinajstić information content (AvgIpc) is 3.29. The SMILES string of the molecule is COc1ccc(CN2CC(=O)N3C(c4ccc(OC)cc4)c4[nH]c5ccccc5c4C[C@H]3C2=O)cc1. The summed E-state index contributed by atoms with van der Waals surface area (Å²) in [6.07, 6.45) is 0.482. The van der Waals surface area contributed by atoms with E-state index < -0.39 is 6.04 Å². The maximum absolute atomic E-state index is 13.9. The number of hydrogen-bond donors (Lipinski definition) is 1. The molecule has 2 aliphatic heterocycles. The fraction of sp³-hybridized carbons (Fsp3) is 0.241. The largest absolute Gasteiger partial charge is 0.497 e. The number of hydrogen-bond acceptors (Lipinski definition) is 4. The molecular formula is C29H27N3O4. The molecule has 1 N–H and O–H groups in total. The van der Waals surface area contributed by atoms with Crippen molar-refractivity contribution >= 4 is 22.7 Å². The molecule has 182 valence electrons. The number of carbonyl (C=O) groups excluding carboxylic acids is 2. The van der Waals surface area contributed by atoms with E-state index in [0.717, 1.165) is 44.8 Å². The number of fused-ring (bicyclic) bond motifs is 4. The number of amides is 2. The maximum Gasteiger partial charge on any atom is 0.246 e. The molecule has 0 aliphatic carbocycles. The molecule has 1 unspecified atom stereocenters. The molecule has 6 rings (SSSR count). The lowest BCUT2D eigenvalue weighted by Crippen LogP contribution is -2.62. The highest BCUT2D eigenvalue weighted by atomic mass is 16.5. The molecule has 7 heteroatoms. The molecular weight excluding hydrogens is 454 g/mol. The van der Waals surface area contributed by atoms with Gasteiger partial charge in [0.05, 0.1) is 20.3 Å². The first kappa shape index (κ1) is 22.2. The van der Waals surface area contributed by atoms with Gasteiger partial charge >= 0.3 is 0 Å². The van der Waals surface area contributed by atoms with Crippen LogP contribution >= 0.6 is 0 Å². The van der Waals surface area contributed by atoms with Crippen LogP contribution in [0.5, 0.6) is 11.5 Å². The summed E-state index contributed by atoms with van der Waals surface area (Å²) in [4.78, 5) is 34.6. The van der Waals surface area contributed by atoms with E-state index in [2.05, 4.69) is 11.1 Å². The molecule has 1 aromatic heterocycles. The van der Waals surface area contributed by atoms with E-state index in [1.807, 2.05) is 66.7 Å². The number of nitrogens with zero attached hydrogens (tertiary/aromatic N) is 2. The third-order valence-electron chi connectivity index (χ3n) is 7.31. The number of H-pyrrole nitrogens is 1. The van der Waals surface area contributed by atoms with Crippen LogP contribution in [0.4, 0.5) is 0 Å². The second kappa shape index (κ2) is 8.75. The number of aromatic amines is 1. The van der Waals surface area contributed by atoms with Crippen LogP contribution in [-0.2, 0) is 22.6 Å². The Labute approximate surface area is 209 Å². The Morgan fingerprint density at radius 2 is 1.56 bits per heavy atom. The molecule has 0 bridgehead atoms. The van der Waals surface area contributed by atoms with Crippen molar-refractivity contribution in [1.29, 1.82) is 0 Å². The summed E-state index contributed by atoms with van der Waals surface area (Å²) < 4.78 is 10.6. The Hall–Kier alpha value is -4.26. The minimum Gasteiger partial charge on any atom is -0.497 e. The van der Waals surface area contributed by atoms with Crippen LogP contribution in [-0.4, -0.2) is 53.4 Å². The fourth-order valence-corrected chi connectivity index (χ4v) is 5.54. The Morgan fingerprint density at radius 1 is 0.889 bits per heavy atom. The monoisotopic (exact) mass is 481 g/mol. The Bertz CT molecular complexity index is 1440. The van der Waals surface area contributed by atoms with Crippen molar-refractivity contribution in [3.8, 4) is 11.5 Å². The molecule has 2 amide bonds. The minimum atomic E-state index is -0.566. The first-order chi connectivity index (χ1) is 17.6. The summed E-state index contributed by atoms with van der Waals surface area (Å²) in [6.45, 7) is 0.427. The minimum absolute atomic E-state index is 0.0279. The zero-order chi connectivity index (χ0) is 24.8. The zero-order valence-corrected chi connectivity index (χ0v) is 20.2. The summed E-state index contributed by atoms with van der Waals surface area (Å²) >= 11 is 0. The number of methoxy groups -OCH3 is 2. The van der Waals surface area contributed by atoms with Gasteiger partial charge in [0.15, 0.2) is 0 Å². The number of aromatic nitrogens is 1. The molecule has 0 spiro atoms. The van der Waals surface area contributed by atoms with Crippen LogP contribution in [0.2, 0.25) is 0 Å². The Kier molecular flexibility index (Phi) is 5.40. The normalized spacial score (nSPS) is 19.3. The molecule has 0 radical (unpaired) electrons. The molecule has 2 atom stereocenters. The number of nitrogens with one attached hydrogen (secondary N) is 1. The van der Waals surface area contributed by atoms with E-state index in [1.165, 1.54) is 0 Å². The van der Waals surface area contributed by atoms with Gasteiger partial charge in [0.1, 0.15) is 24.1 Å². The van der Waals surface area contributed by atoms with Crippen molar-refractivity contribution in [2.75, 3.05) is 20.8 Å². The van der Waals surface area contributed by atoms with Gasteiger partial charge in [-0.05, 0) is 47.0 Å². The molecule has 1 fully saturated rings. The first-order valence-corrected chi connectivity index (χ1v) is 12.0. The van der Waals surface area contributed by atoms with Crippen molar-refractivity contribution in [3.05, 3.63) is 95.2 Å². The molecule has 1 saturated heterocycles. The van der Waals surface area contributed by atoms with E-state index in [4.69, 9.17) is 9.47 Å². The van der Waals surface area contributed by atoms with Crippen molar-refractivity contribution < 1.29 is 19.1 Å². The number of benzene rings is 3. The van der Waals surface area contributed by atoms with Crippen molar-refractivity contribution in [2.24, 2.45) is 0 Å². The van der Waals surface area contributed by atoms with Gasteiger partial charge in [0, 0.05) is 29.6 Å². The predicted molar refractivity (Wildman–Crippen MR) is 136 cm³/mol. The van der Waals surface area contributed by atoms with Crippen molar-refractivity contribution in [1.82, 2.24) is 14.8 Å². The standard InChI is InChI=1S/C29H27N3O4/c1-35-20-11-7-18(8-12-20)16-31-17-26(33)32-25(29(31)34)15-23-22-5-3-4-6-24(22)30-27(23)28(32)19-9-13-21(36-2)14-10-19/h3-14,25,28,30H,15-17H2,1-2H3/t25-,28?/m0/s1. The third kappa shape index (κ3) is 3.59. The molecule has 3 heterocycles. The number of carbonyl (C=O) groups is 2. The van der Waals surface area contributed by atoms with E-state index in [0.29, 0.717) is 13.0 Å². The van der Waals surface area contributed by atoms with Crippen LogP contribution in [0.1, 0.15) is 28.4 Å². The quantitative estimate of drug-likeness (QED) is 0.466. The van der Waals surface area contributed by atoms with E-state index >= 15 is 0 Å². The molecule has 7 nitrogen and oxygen atoms in total. The summed E-state index contributed by atoms with van der Waals surface area (Å²) in [5, 5.41) is 1.10. The highest BCUT2D eigenvalue weighted by Crippen LogP contribution is 2.43. The second-order valence-corrected chi connectivity index (χ2v) is 9.30. The van der Waals surface area contributed by atoms with Gasteiger partial charge in [-0.15, -0.1) is 0 Å². The highest BCUT2D eigenvalue weighted by Gasteiger charge is 2.48. The van der Waals surface area contributed by atoms with Gasteiger partial charge < -0.3 is 24.3 Å². The summed E-state index contributed by atoms with van der Waals surface area (Å²) in [5.74, 6) is 1.42. The zero-order valence-electron chi connectivity index (χ0n) is 20.2. The number of rotatable bonds is 5. The molecule has 3 aromatic carbocycles. The Morgan fingerprint density at radius 3 is 2.25 bits per heavy atom. The van der Waals surface area contributed by atoms with Crippen LogP contribution in [0, 0.1) is 0 Å². The molecule has 4 aromatic rings. The first-order valence-electron chi connectivity index (χ1n) is 12.0. The lowest BCUT2D eigenvalue weighted by Gasteiger charge is -2.47. The van der Waals surface area contributed by atoms with Gasteiger partial charge in [0.2, 0.25) is 11.8 Å². The van der Waals surface area contributed by atoms with Gasteiger partial charge in [-0.3, -0.25) is 9.59 Å². The molecule has 2 aliphatic rings. The average molecular weight is 482 g/mol. The van der Waals surface area contributed by atoms with Gasteiger partial charge in [-0.25, -0.2) is 0 Å². The Balaban J connectivity index is 1.41. The highest BCUT2D eigenvalue weighted by molar-refractivity contribution is 5.97. The van der Waals surface area contributed by atoms with Gasteiger partial charge in [-0.2, -0.15) is 0 Å². The smallest absolute Gasteiger partial charge is 0.246 e. The topological polar surface area (TPSA) is 74.9 Å². The lowest BCUT2D eigenvalue weighted by molar-refractivity contribution is -0.159. The van der Waals surface area contributed by atoms with E-state index in [-0.39, 0.29) is 24.4 Å². The molecule has 36 heavy (non-hydrogen) atoms. The number of ether oxygens (including phenoxy) is 2. The second-order valence-electron chi connectivity index (χ2n) is 9.30. The van der Waals surface area contributed by atoms with Crippen molar-refractivity contribution in [2.45, 2.75) is 25.0 Å². The van der Waals surface area contributed by atoms with Gasteiger partial charge in [-0.1, -0.05) is 42.5 Å². The molecule has 0 saturated carbocycles. The van der Waals surface area contributed by atoms with Crippen molar-refractivity contribution in [3.63, 3.8) is 0 Å². The van der Waals surface area contributed by atoms with Crippen LogP contribution in [0.15, 0.2) is 72.8 Å². The third-order valence-corrected chi connectivity index (χ3v) is 7.31. The van der Waals surface area contributed by atoms with Crippen LogP contribution in [0.25, 0.3) is 10.9 Å². The summed E-state index contributed by atoms with van der Waals surface area (Å²) in [7, 11) is 3.25. The van der Waals surface area contributed by atoms with E-state index in [9.17, 15) is 9.59 Å². The fourth-order valence-electron chi connectivity index (χ4n) is 5.54. The lowest BCUT2D eigenvalue weighted by atomic mass is 9.86. The van der Waals surface area contributed by atoms with E-state index in [1.54, 1.807) is 24.0 Å². The van der Waals surface area contributed by atoms with Crippen LogP contribution < -0.4 is 9.47 Å². The summed E-state index contributed by atoms with van der Waals surface area (Å²) in [6, 6.07) is 22.5.